The van der Waals surface area contributed by atoms with Gasteiger partial charge in [0.1, 0.15) is 0 Å². The molecule has 12 aromatic rings. The van der Waals surface area contributed by atoms with E-state index in [2.05, 4.69) is 215 Å². The molecule has 12 rings (SSSR count). The van der Waals surface area contributed by atoms with Gasteiger partial charge >= 0.3 is 0 Å². The maximum atomic E-state index is 4.81. The van der Waals surface area contributed by atoms with E-state index in [9.17, 15) is 0 Å². The molecule has 0 unspecified atom stereocenters. The molecule has 8 nitrogen and oxygen atoms in total. The lowest BCUT2D eigenvalue weighted by atomic mass is 9.83. The molecule has 360 valence electrons. The number of rotatable bonds is 0. The third-order valence-electron chi connectivity index (χ3n) is 13.0. The minimum absolute atomic E-state index is 0.0606. The Kier molecular flexibility index (Phi) is 13.2. The second-order valence-electron chi connectivity index (χ2n) is 22.6. The molecule has 0 bridgehead atoms. The summed E-state index contributed by atoms with van der Waals surface area (Å²) < 4.78 is 0. The molecule has 4 aromatic carbocycles. The highest BCUT2D eigenvalue weighted by Crippen LogP contribution is 2.35. The zero-order chi connectivity index (χ0) is 51.0. The second kappa shape index (κ2) is 19.4. The Morgan fingerprint density at radius 2 is 0.667 bits per heavy atom. The Labute approximate surface area is 423 Å². The Morgan fingerprint density at radius 3 is 1.21 bits per heavy atom. The zero-order valence-corrected chi connectivity index (χ0v) is 43.7. The summed E-state index contributed by atoms with van der Waals surface area (Å²) >= 11 is 0. The van der Waals surface area contributed by atoms with Crippen LogP contribution in [-0.4, -0.2) is 39.9 Å². The fourth-order valence-electron chi connectivity index (χ4n) is 9.09. The van der Waals surface area contributed by atoms with E-state index in [0.29, 0.717) is 0 Å². The first kappa shape index (κ1) is 49.2. The quantitative estimate of drug-likeness (QED) is 0.139. The topological polar surface area (TPSA) is 103 Å². The average Bonchev–Trinajstić information content (AvgIpc) is 3.37. The molecule has 0 radical (unpaired) electrons. The summed E-state index contributed by atoms with van der Waals surface area (Å²) in [6.45, 7) is 26.5. The predicted molar refractivity (Wildman–Crippen MR) is 303 cm³/mol. The van der Waals surface area contributed by atoms with Crippen LogP contribution in [0, 0.1) is 0 Å². The van der Waals surface area contributed by atoms with Crippen LogP contribution in [0.5, 0.6) is 0 Å². The Morgan fingerprint density at radius 1 is 0.278 bits per heavy atom. The number of fused-ring (bicyclic) bond motifs is 12. The number of hydrogen-bond acceptors (Lipinski definition) is 8. The molecule has 0 N–H and O–H groups in total. The molecular weight excluding hydrogens is 881 g/mol. The van der Waals surface area contributed by atoms with Crippen LogP contribution in [0.25, 0.3) is 87.2 Å². The molecule has 0 amide bonds. The van der Waals surface area contributed by atoms with E-state index in [1.165, 1.54) is 27.5 Å². The summed E-state index contributed by atoms with van der Waals surface area (Å²) in [5, 5.41) is 9.30. The van der Waals surface area contributed by atoms with Gasteiger partial charge in [0.15, 0.2) is 0 Å². The monoisotopic (exact) mass is 945 g/mol. The zero-order valence-electron chi connectivity index (χ0n) is 43.7. The number of aromatic nitrogens is 8. The molecule has 0 saturated heterocycles. The highest BCUT2D eigenvalue weighted by molar-refractivity contribution is 6.06. The first-order valence-corrected chi connectivity index (χ1v) is 24.8. The van der Waals surface area contributed by atoms with Gasteiger partial charge in [0.05, 0.1) is 44.1 Å². The van der Waals surface area contributed by atoms with E-state index < -0.39 is 0 Å². The molecule has 0 spiro atoms. The van der Waals surface area contributed by atoms with Crippen LogP contribution in [-0.2, 0) is 21.7 Å². The van der Waals surface area contributed by atoms with Crippen LogP contribution in [0.4, 0.5) is 0 Å². The van der Waals surface area contributed by atoms with Crippen molar-refractivity contribution in [2.45, 2.75) is 105 Å². The van der Waals surface area contributed by atoms with Crippen LogP contribution in [0.15, 0.2) is 171 Å². The lowest BCUT2D eigenvalue weighted by Crippen LogP contribution is -2.13. The standard InChI is InChI=1S/4C16H16N2/c1-16(2,3)13-10-11-6-4-8-17-14(11)15-12(13)7-5-9-18-15;1-16(2,3)13-9-8-12-7-6-11-5-4-10-17-14(11)15(12)18-13;1-16(2,3)13-8-10-18-15-12(13)7-6-11-5-4-9-17-14(11)15;1-16(2,3)13-9-12-7-6-11-5-4-8-17-14(11)15(12)18-10-13/h4*4-10H,1-3H3. The highest BCUT2D eigenvalue weighted by Gasteiger charge is 2.21. The van der Waals surface area contributed by atoms with Gasteiger partial charge in [-0.25, -0.2) is 4.98 Å². The van der Waals surface area contributed by atoms with Gasteiger partial charge in [0.25, 0.3) is 0 Å². The number of benzene rings is 4. The van der Waals surface area contributed by atoms with Crippen molar-refractivity contribution in [3.8, 4) is 0 Å². The number of pyridine rings is 8. The van der Waals surface area contributed by atoms with Crippen LogP contribution >= 0.6 is 0 Å². The second-order valence-corrected chi connectivity index (χ2v) is 22.6. The van der Waals surface area contributed by atoms with Gasteiger partial charge in [-0.15, -0.1) is 0 Å². The minimum atomic E-state index is 0.0606. The summed E-state index contributed by atoms with van der Waals surface area (Å²) in [5.41, 5.74) is 13.3. The van der Waals surface area contributed by atoms with Gasteiger partial charge in [-0.1, -0.05) is 156 Å². The normalized spacial score (nSPS) is 12.2. The third kappa shape index (κ3) is 10.3. The Balaban J connectivity index is 0.000000119. The lowest BCUT2D eigenvalue weighted by molar-refractivity contribution is 0.571. The van der Waals surface area contributed by atoms with E-state index in [1.54, 1.807) is 0 Å². The fourth-order valence-corrected chi connectivity index (χ4v) is 9.09. The van der Waals surface area contributed by atoms with Crippen molar-refractivity contribution in [1.82, 2.24) is 39.9 Å². The van der Waals surface area contributed by atoms with Crippen molar-refractivity contribution in [2.75, 3.05) is 0 Å². The molecule has 8 heteroatoms. The van der Waals surface area contributed by atoms with Crippen LogP contribution in [0.3, 0.4) is 0 Å². The first-order chi connectivity index (χ1) is 34.3. The van der Waals surface area contributed by atoms with E-state index in [-0.39, 0.29) is 21.7 Å². The van der Waals surface area contributed by atoms with Gasteiger partial charge < -0.3 is 0 Å². The number of nitrogens with zero attached hydrogens (tertiary/aromatic N) is 8. The van der Waals surface area contributed by atoms with Crippen LogP contribution in [0.1, 0.15) is 105 Å². The summed E-state index contributed by atoms with van der Waals surface area (Å²) in [6.07, 6.45) is 13.0. The molecule has 72 heavy (non-hydrogen) atoms. The van der Waals surface area contributed by atoms with Gasteiger partial charge in [-0.2, -0.15) is 0 Å². The fraction of sp³-hybridized carbons (Fsp3) is 0.250. The third-order valence-corrected chi connectivity index (χ3v) is 13.0. The Hall–Kier alpha value is -7.84. The summed E-state index contributed by atoms with van der Waals surface area (Å²) in [7, 11) is 0. The van der Waals surface area contributed by atoms with Gasteiger partial charge in [0.2, 0.25) is 0 Å². The summed E-state index contributed by atoms with van der Waals surface area (Å²) in [4.78, 5) is 36.3. The molecular formula is C64H64N8. The maximum Gasteiger partial charge on any atom is 0.0968 e. The molecule has 0 aliphatic carbocycles. The van der Waals surface area contributed by atoms with Crippen molar-refractivity contribution in [3.05, 3.63) is 193 Å². The van der Waals surface area contributed by atoms with Gasteiger partial charge in [-0.05, 0) is 87.5 Å². The van der Waals surface area contributed by atoms with Gasteiger partial charge in [-0.3, -0.25) is 34.9 Å². The van der Waals surface area contributed by atoms with Crippen molar-refractivity contribution in [2.24, 2.45) is 0 Å². The largest absolute Gasteiger partial charge is 0.254 e. The number of hydrogen-bond donors (Lipinski definition) is 0. The van der Waals surface area contributed by atoms with E-state index in [0.717, 1.165) is 82.1 Å². The first-order valence-electron chi connectivity index (χ1n) is 24.8. The van der Waals surface area contributed by atoms with Crippen molar-refractivity contribution < 1.29 is 0 Å². The molecule has 8 heterocycles. The molecule has 0 aliphatic rings. The molecule has 0 aliphatic heterocycles. The lowest BCUT2D eigenvalue weighted by Gasteiger charge is -2.22. The smallest absolute Gasteiger partial charge is 0.0968 e. The molecule has 0 saturated carbocycles. The van der Waals surface area contributed by atoms with Crippen LogP contribution < -0.4 is 0 Å². The average molecular weight is 945 g/mol. The SMILES string of the molecule is CC(C)(C)c1cc2cccnc2c2ncccc12.CC(C)(C)c1ccc2ccc3cccnc3c2n1.CC(C)(C)c1ccnc2c1ccc1cccnc12.CC(C)(C)c1cnc2c(ccc3cccnc32)c1. The van der Waals surface area contributed by atoms with Crippen molar-refractivity contribution in [1.29, 1.82) is 0 Å². The molecule has 8 aromatic heterocycles. The van der Waals surface area contributed by atoms with Gasteiger partial charge in [0, 0.05) is 97.6 Å². The molecule has 0 fully saturated rings. The van der Waals surface area contributed by atoms with Crippen LogP contribution in [0.2, 0.25) is 0 Å². The van der Waals surface area contributed by atoms with E-state index >= 15 is 0 Å². The summed E-state index contributed by atoms with van der Waals surface area (Å²) in [6, 6.07) is 43.9. The predicted octanol–water partition coefficient (Wildman–Crippen LogP) is 16.3. The van der Waals surface area contributed by atoms with Crippen molar-refractivity contribution in [3.63, 3.8) is 0 Å². The van der Waals surface area contributed by atoms with Crippen molar-refractivity contribution >= 4 is 87.2 Å². The maximum absolute atomic E-state index is 4.81. The highest BCUT2D eigenvalue weighted by atomic mass is 14.8. The van der Waals surface area contributed by atoms with E-state index in [4.69, 9.17) is 4.98 Å². The summed E-state index contributed by atoms with van der Waals surface area (Å²) in [5.74, 6) is 0. The Bertz CT molecular complexity index is 3850. The van der Waals surface area contributed by atoms with E-state index in [1.807, 2.05) is 73.7 Å². The molecule has 0 atom stereocenters. The minimum Gasteiger partial charge on any atom is -0.254 e.